The summed E-state index contributed by atoms with van der Waals surface area (Å²) in [4.78, 5) is 4.53. The highest BCUT2D eigenvalue weighted by molar-refractivity contribution is 5.90. The molecule has 0 saturated carbocycles. The largest absolute Gasteiger partial charge is 0.497 e. The van der Waals surface area contributed by atoms with Gasteiger partial charge in [-0.3, -0.25) is 0 Å². The Morgan fingerprint density at radius 3 is 2.40 bits per heavy atom. The van der Waals surface area contributed by atoms with Gasteiger partial charge in [-0.1, -0.05) is 12.1 Å². The van der Waals surface area contributed by atoms with Gasteiger partial charge in [-0.2, -0.15) is 5.10 Å². The van der Waals surface area contributed by atoms with Gasteiger partial charge in [-0.05, 0) is 48.0 Å². The van der Waals surface area contributed by atoms with Crippen LogP contribution in [0.5, 0.6) is 11.5 Å². The standard InChI is InChI=1S/C20H17N3O2/c1-24-16-9-7-14(8-10-16)19-18(15-5-3-6-17(13-15)25-2)20-21-11-4-12-23(20)22-19/h3-13H,1-2H3. The molecule has 5 heteroatoms. The van der Waals surface area contributed by atoms with E-state index in [1.807, 2.05) is 60.8 Å². The summed E-state index contributed by atoms with van der Waals surface area (Å²) in [5, 5.41) is 4.74. The molecule has 0 atom stereocenters. The first kappa shape index (κ1) is 15.2. The molecule has 2 heterocycles. The Balaban J connectivity index is 1.97. The summed E-state index contributed by atoms with van der Waals surface area (Å²) >= 11 is 0. The van der Waals surface area contributed by atoms with Crippen LogP contribution in [-0.4, -0.2) is 28.8 Å². The van der Waals surface area contributed by atoms with Crippen LogP contribution in [0.1, 0.15) is 0 Å². The molecule has 5 nitrogen and oxygen atoms in total. The van der Waals surface area contributed by atoms with Crippen molar-refractivity contribution in [3.8, 4) is 33.9 Å². The highest BCUT2D eigenvalue weighted by Crippen LogP contribution is 2.36. The van der Waals surface area contributed by atoms with Crippen molar-refractivity contribution in [2.45, 2.75) is 0 Å². The van der Waals surface area contributed by atoms with Crippen molar-refractivity contribution >= 4 is 5.65 Å². The molecule has 0 amide bonds. The first-order valence-corrected chi connectivity index (χ1v) is 7.92. The zero-order chi connectivity index (χ0) is 17.2. The van der Waals surface area contributed by atoms with E-state index in [-0.39, 0.29) is 0 Å². The van der Waals surface area contributed by atoms with Crippen molar-refractivity contribution in [2.75, 3.05) is 14.2 Å². The molecule has 2 aromatic heterocycles. The highest BCUT2D eigenvalue weighted by atomic mass is 16.5. The molecule has 0 aliphatic heterocycles. The predicted octanol–water partition coefficient (Wildman–Crippen LogP) is 4.08. The van der Waals surface area contributed by atoms with E-state index in [0.29, 0.717) is 0 Å². The molecule has 0 aliphatic carbocycles. The maximum atomic E-state index is 5.38. The Labute approximate surface area is 145 Å². The monoisotopic (exact) mass is 331 g/mol. The summed E-state index contributed by atoms with van der Waals surface area (Å²) in [7, 11) is 3.32. The van der Waals surface area contributed by atoms with Gasteiger partial charge < -0.3 is 9.47 Å². The van der Waals surface area contributed by atoms with Gasteiger partial charge in [-0.25, -0.2) is 9.50 Å². The van der Waals surface area contributed by atoms with Crippen LogP contribution in [-0.2, 0) is 0 Å². The third-order valence-electron chi connectivity index (χ3n) is 4.12. The van der Waals surface area contributed by atoms with E-state index in [9.17, 15) is 0 Å². The van der Waals surface area contributed by atoms with Crippen LogP contribution in [0.4, 0.5) is 0 Å². The summed E-state index contributed by atoms with van der Waals surface area (Å²) in [6.07, 6.45) is 3.68. The average molecular weight is 331 g/mol. The third kappa shape index (κ3) is 2.70. The van der Waals surface area contributed by atoms with Crippen LogP contribution in [0, 0.1) is 0 Å². The lowest BCUT2D eigenvalue weighted by molar-refractivity contribution is 0.415. The summed E-state index contributed by atoms with van der Waals surface area (Å²) in [6.45, 7) is 0. The first-order chi connectivity index (χ1) is 12.3. The Hall–Kier alpha value is -3.34. The summed E-state index contributed by atoms with van der Waals surface area (Å²) in [6, 6.07) is 17.7. The molecule has 4 aromatic rings. The van der Waals surface area contributed by atoms with E-state index in [2.05, 4.69) is 4.98 Å². The van der Waals surface area contributed by atoms with Crippen molar-refractivity contribution in [3.63, 3.8) is 0 Å². The molecule has 0 aliphatic rings. The molecule has 0 radical (unpaired) electrons. The summed E-state index contributed by atoms with van der Waals surface area (Å²) in [5.41, 5.74) is 4.67. The van der Waals surface area contributed by atoms with E-state index >= 15 is 0 Å². The number of ether oxygens (including phenoxy) is 2. The Kier molecular flexibility index (Phi) is 3.82. The average Bonchev–Trinajstić information content (AvgIpc) is 3.07. The predicted molar refractivity (Wildman–Crippen MR) is 97.0 cm³/mol. The zero-order valence-electron chi connectivity index (χ0n) is 14.0. The van der Waals surface area contributed by atoms with Gasteiger partial charge in [0.05, 0.1) is 19.8 Å². The fraction of sp³-hybridized carbons (Fsp3) is 0.100. The van der Waals surface area contributed by atoms with E-state index in [4.69, 9.17) is 14.6 Å². The maximum absolute atomic E-state index is 5.38. The molecule has 25 heavy (non-hydrogen) atoms. The molecule has 0 spiro atoms. The highest BCUT2D eigenvalue weighted by Gasteiger charge is 2.17. The number of nitrogens with zero attached hydrogens (tertiary/aromatic N) is 3. The lowest BCUT2D eigenvalue weighted by Gasteiger charge is -2.06. The van der Waals surface area contributed by atoms with Gasteiger partial charge in [0.1, 0.15) is 17.2 Å². The van der Waals surface area contributed by atoms with E-state index in [0.717, 1.165) is 39.5 Å². The minimum atomic E-state index is 0.800. The summed E-state index contributed by atoms with van der Waals surface area (Å²) < 4.78 is 12.4. The number of hydrogen-bond acceptors (Lipinski definition) is 4. The second kappa shape index (κ2) is 6.28. The maximum Gasteiger partial charge on any atom is 0.163 e. The van der Waals surface area contributed by atoms with Crippen LogP contribution in [0.3, 0.4) is 0 Å². The quantitative estimate of drug-likeness (QED) is 0.565. The number of methoxy groups -OCH3 is 2. The van der Waals surface area contributed by atoms with Gasteiger partial charge in [0.2, 0.25) is 0 Å². The van der Waals surface area contributed by atoms with Crippen molar-refractivity contribution < 1.29 is 9.47 Å². The molecule has 0 unspecified atom stereocenters. The molecule has 4 rings (SSSR count). The number of rotatable bonds is 4. The van der Waals surface area contributed by atoms with Crippen molar-refractivity contribution in [2.24, 2.45) is 0 Å². The Bertz CT molecular complexity index is 1020. The van der Waals surface area contributed by atoms with E-state index in [1.165, 1.54) is 0 Å². The Morgan fingerprint density at radius 1 is 0.840 bits per heavy atom. The van der Waals surface area contributed by atoms with E-state index in [1.54, 1.807) is 24.9 Å². The van der Waals surface area contributed by atoms with Crippen molar-refractivity contribution in [1.29, 1.82) is 0 Å². The fourth-order valence-corrected chi connectivity index (χ4v) is 2.88. The second-order valence-corrected chi connectivity index (χ2v) is 5.57. The van der Waals surface area contributed by atoms with Crippen molar-refractivity contribution in [1.82, 2.24) is 14.6 Å². The molecule has 0 fully saturated rings. The van der Waals surface area contributed by atoms with Crippen LogP contribution >= 0.6 is 0 Å². The number of fused-ring (bicyclic) bond motifs is 1. The Morgan fingerprint density at radius 2 is 1.64 bits per heavy atom. The van der Waals surface area contributed by atoms with Crippen LogP contribution in [0.2, 0.25) is 0 Å². The minimum Gasteiger partial charge on any atom is -0.497 e. The van der Waals surface area contributed by atoms with Crippen LogP contribution in [0.15, 0.2) is 67.0 Å². The number of benzene rings is 2. The van der Waals surface area contributed by atoms with Crippen LogP contribution in [0.25, 0.3) is 28.0 Å². The smallest absolute Gasteiger partial charge is 0.163 e. The minimum absolute atomic E-state index is 0.800. The number of aromatic nitrogens is 3. The SMILES string of the molecule is COc1ccc(-c2nn3cccnc3c2-c2cccc(OC)c2)cc1. The van der Waals surface area contributed by atoms with Gasteiger partial charge in [-0.15, -0.1) is 0 Å². The van der Waals surface area contributed by atoms with Gasteiger partial charge in [0, 0.05) is 18.0 Å². The number of hydrogen-bond donors (Lipinski definition) is 0. The van der Waals surface area contributed by atoms with Gasteiger partial charge >= 0.3 is 0 Å². The van der Waals surface area contributed by atoms with Crippen molar-refractivity contribution in [3.05, 3.63) is 67.0 Å². The second-order valence-electron chi connectivity index (χ2n) is 5.57. The normalized spacial score (nSPS) is 10.8. The zero-order valence-corrected chi connectivity index (χ0v) is 14.0. The molecule has 0 bridgehead atoms. The lowest BCUT2D eigenvalue weighted by Crippen LogP contribution is -1.88. The molecular weight excluding hydrogens is 314 g/mol. The molecule has 124 valence electrons. The fourth-order valence-electron chi connectivity index (χ4n) is 2.88. The first-order valence-electron chi connectivity index (χ1n) is 7.92. The van der Waals surface area contributed by atoms with E-state index < -0.39 is 0 Å². The third-order valence-corrected chi connectivity index (χ3v) is 4.12. The summed E-state index contributed by atoms with van der Waals surface area (Å²) in [5.74, 6) is 1.61. The molecule has 0 N–H and O–H groups in total. The van der Waals surface area contributed by atoms with Crippen LogP contribution < -0.4 is 9.47 Å². The topological polar surface area (TPSA) is 48.7 Å². The molecule has 2 aromatic carbocycles. The molecular formula is C20H17N3O2. The lowest BCUT2D eigenvalue weighted by atomic mass is 10.0. The van der Waals surface area contributed by atoms with Gasteiger partial charge in [0.25, 0.3) is 0 Å². The molecule has 0 saturated heterocycles. The van der Waals surface area contributed by atoms with Gasteiger partial charge in [0.15, 0.2) is 5.65 Å².